The number of hydrogen-bond donors (Lipinski definition) is 0. The molecular formula is C22H42S. The van der Waals surface area contributed by atoms with Gasteiger partial charge in [0.05, 0.1) is 0 Å². The minimum atomic E-state index is 0.624. The Morgan fingerprint density at radius 2 is 1.30 bits per heavy atom. The molecule has 2 rings (SSSR count). The molecule has 2 bridgehead atoms. The predicted octanol–water partition coefficient (Wildman–Crippen LogP) is 7.86. The van der Waals surface area contributed by atoms with Gasteiger partial charge < -0.3 is 0 Å². The average Bonchev–Trinajstić information content (AvgIpc) is 2.97. The van der Waals surface area contributed by atoms with Crippen molar-refractivity contribution in [3.63, 3.8) is 0 Å². The Morgan fingerprint density at radius 3 is 1.78 bits per heavy atom. The highest BCUT2D eigenvalue weighted by atomic mass is 32.2. The molecule has 0 amide bonds. The molecule has 2 aliphatic carbocycles. The van der Waals surface area contributed by atoms with Crippen molar-refractivity contribution in [3.05, 3.63) is 0 Å². The molecule has 0 aromatic carbocycles. The lowest BCUT2D eigenvalue weighted by molar-refractivity contribution is 0.195. The van der Waals surface area contributed by atoms with Crippen LogP contribution < -0.4 is 0 Å². The maximum atomic E-state index is 2.58. The van der Waals surface area contributed by atoms with Crippen LogP contribution in [0.25, 0.3) is 0 Å². The van der Waals surface area contributed by atoms with Crippen LogP contribution in [0, 0.1) is 17.3 Å². The molecule has 23 heavy (non-hydrogen) atoms. The summed E-state index contributed by atoms with van der Waals surface area (Å²) >= 11 is 2.33. The first-order chi connectivity index (χ1) is 11.0. The molecule has 2 saturated carbocycles. The normalized spacial score (nSPS) is 31.8. The summed E-state index contributed by atoms with van der Waals surface area (Å²) in [5.74, 6) is 3.43. The molecule has 2 fully saturated rings. The Balaban J connectivity index is 1.44. The molecule has 1 heteroatoms. The minimum absolute atomic E-state index is 0.624. The molecule has 0 aromatic heterocycles. The monoisotopic (exact) mass is 338 g/mol. The molecule has 0 N–H and O–H groups in total. The third-order valence-electron chi connectivity index (χ3n) is 6.89. The molecule has 2 aliphatic rings. The van der Waals surface area contributed by atoms with Crippen LogP contribution in [-0.2, 0) is 0 Å². The van der Waals surface area contributed by atoms with E-state index in [-0.39, 0.29) is 0 Å². The van der Waals surface area contributed by atoms with Crippen molar-refractivity contribution >= 4 is 11.8 Å². The molecule has 0 heterocycles. The van der Waals surface area contributed by atoms with Gasteiger partial charge in [-0.1, -0.05) is 85.5 Å². The van der Waals surface area contributed by atoms with E-state index in [9.17, 15) is 0 Å². The first kappa shape index (κ1) is 19.7. The topological polar surface area (TPSA) is 0 Å². The van der Waals surface area contributed by atoms with Crippen LogP contribution in [0.5, 0.6) is 0 Å². The molecule has 0 aliphatic heterocycles. The number of hydrogen-bond acceptors (Lipinski definition) is 1. The maximum Gasteiger partial charge on any atom is 0.0163 e. The number of rotatable bonds is 12. The fourth-order valence-electron chi connectivity index (χ4n) is 5.10. The highest BCUT2D eigenvalue weighted by Gasteiger charge is 2.55. The van der Waals surface area contributed by atoms with Crippen molar-refractivity contribution in [3.8, 4) is 0 Å². The standard InChI is InChI=1S/C22H42S/c1-5-6-7-8-9-10-11-12-13-14-15-23-22(4)18-19-16-20(22)17-21(19,2)3/h19-20H,5-18H2,1-4H3. The van der Waals surface area contributed by atoms with Gasteiger partial charge in [-0.15, -0.1) is 0 Å². The molecule has 0 saturated heterocycles. The molecule has 3 unspecified atom stereocenters. The van der Waals surface area contributed by atoms with E-state index in [0.717, 1.165) is 11.8 Å². The second-order valence-electron chi connectivity index (χ2n) is 9.37. The Morgan fingerprint density at radius 1 is 0.739 bits per heavy atom. The zero-order valence-electron chi connectivity index (χ0n) is 16.5. The first-order valence-electron chi connectivity index (χ1n) is 10.6. The third kappa shape index (κ3) is 5.68. The lowest BCUT2D eigenvalue weighted by Gasteiger charge is -2.40. The van der Waals surface area contributed by atoms with Gasteiger partial charge in [-0.25, -0.2) is 0 Å². The van der Waals surface area contributed by atoms with Gasteiger partial charge in [0, 0.05) is 4.75 Å². The fourth-order valence-corrected chi connectivity index (χ4v) is 6.65. The van der Waals surface area contributed by atoms with E-state index in [4.69, 9.17) is 0 Å². The van der Waals surface area contributed by atoms with E-state index in [1.54, 1.807) is 0 Å². The van der Waals surface area contributed by atoms with Crippen molar-refractivity contribution in [2.75, 3.05) is 5.75 Å². The number of unbranched alkanes of at least 4 members (excludes halogenated alkanes) is 9. The van der Waals surface area contributed by atoms with Gasteiger partial charge >= 0.3 is 0 Å². The van der Waals surface area contributed by atoms with Crippen molar-refractivity contribution in [1.29, 1.82) is 0 Å². The second kappa shape index (κ2) is 9.16. The van der Waals surface area contributed by atoms with Crippen molar-refractivity contribution in [1.82, 2.24) is 0 Å². The summed E-state index contributed by atoms with van der Waals surface area (Å²) < 4.78 is 0.624. The van der Waals surface area contributed by atoms with Gasteiger partial charge in [-0.05, 0) is 48.7 Å². The van der Waals surface area contributed by atoms with Crippen molar-refractivity contribution < 1.29 is 0 Å². The number of fused-ring (bicyclic) bond motifs is 2. The molecule has 3 atom stereocenters. The fraction of sp³-hybridized carbons (Fsp3) is 1.00. The van der Waals surface area contributed by atoms with E-state index in [1.165, 1.54) is 89.2 Å². The Bertz CT molecular complexity index is 335. The van der Waals surface area contributed by atoms with Gasteiger partial charge in [0.15, 0.2) is 0 Å². The largest absolute Gasteiger partial charge is 0.155 e. The van der Waals surface area contributed by atoms with Gasteiger partial charge in [-0.2, -0.15) is 11.8 Å². The lowest BCUT2D eigenvalue weighted by atomic mass is 9.73. The first-order valence-corrected chi connectivity index (χ1v) is 11.6. The summed E-state index contributed by atoms with van der Waals surface area (Å²) in [5.41, 5.74) is 0.641. The summed E-state index contributed by atoms with van der Waals surface area (Å²) in [6.45, 7) is 9.89. The quantitative estimate of drug-likeness (QED) is 0.326. The van der Waals surface area contributed by atoms with Gasteiger partial charge in [-0.3, -0.25) is 0 Å². The van der Waals surface area contributed by atoms with E-state index < -0.39 is 0 Å². The summed E-state index contributed by atoms with van der Waals surface area (Å²) in [5, 5.41) is 0. The summed E-state index contributed by atoms with van der Waals surface area (Å²) in [7, 11) is 0. The van der Waals surface area contributed by atoms with Crippen LogP contribution in [0.2, 0.25) is 0 Å². The van der Waals surface area contributed by atoms with E-state index in [0.29, 0.717) is 10.2 Å². The Labute approximate surface area is 151 Å². The smallest absolute Gasteiger partial charge is 0.0163 e. The summed E-state index contributed by atoms with van der Waals surface area (Å²) in [6.07, 6.45) is 19.1. The molecule has 0 radical (unpaired) electrons. The molecular weight excluding hydrogens is 296 g/mol. The van der Waals surface area contributed by atoms with Gasteiger partial charge in [0.25, 0.3) is 0 Å². The van der Waals surface area contributed by atoms with Crippen LogP contribution in [0.1, 0.15) is 111 Å². The minimum Gasteiger partial charge on any atom is -0.155 e. The molecule has 0 spiro atoms. The highest BCUT2D eigenvalue weighted by molar-refractivity contribution is 8.00. The zero-order chi connectivity index (χ0) is 16.8. The van der Waals surface area contributed by atoms with Crippen LogP contribution >= 0.6 is 11.8 Å². The van der Waals surface area contributed by atoms with Crippen molar-refractivity contribution in [2.24, 2.45) is 17.3 Å². The highest BCUT2D eigenvalue weighted by Crippen LogP contribution is 2.63. The Kier molecular flexibility index (Phi) is 7.83. The summed E-state index contributed by atoms with van der Waals surface area (Å²) in [6, 6.07) is 0. The predicted molar refractivity (Wildman–Crippen MR) is 107 cm³/mol. The second-order valence-corrected chi connectivity index (χ2v) is 11.0. The Hall–Kier alpha value is 0.350. The van der Waals surface area contributed by atoms with Crippen molar-refractivity contribution in [2.45, 2.75) is 116 Å². The lowest BCUT2D eigenvalue weighted by Crippen LogP contribution is -2.34. The number of thioether (sulfide) groups is 1. The average molecular weight is 339 g/mol. The molecule has 136 valence electrons. The third-order valence-corrected chi connectivity index (χ3v) is 8.54. The van der Waals surface area contributed by atoms with Gasteiger partial charge in [0.2, 0.25) is 0 Å². The summed E-state index contributed by atoms with van der Waals surface area (Å²) in [4.78, 5) is 0. The van der Waals surface area contributed by atoms with Crippen LogP contribution in [0.4, 0.5) is 0 Å². The van der Waals surface area contributed by atoms with Crippen LogP contribution in [0.15, 0.2) is 0 Å². The van der Waals surface area contributed by atoms with Crippen LogP contribution in [-0.4, -0.2) is 10.5 Å². The maximum absolute atomic E-state index is 2.58. The van der Waals surface area contributed by atoms with Gasteiger partial charge in [0.1, 0.15) is 0 Å². The van der Waals surface area contributed by atoms with E-state index in [1.807, 2.05) is 0 Å². The van der Waals surface area contributed by atoms with Crippen LogP contribution in [0.3, 0.4) is 0 Å². The molecule has 0 aromatic rings. The zero-order valence-corrected chi connectivity index (χ0v) is 17.3. The van der Waals surface area contributed by atoms with E-state index in [2.05, 4.69) is 39.5 Å². The molecule has 0 nitrogen and oxygen atoms in total. The SMILES string of the molecule is CCCCCCCCCCCCSC1(C)CC2CC1CC2(C)C. The van der Waals surface area contributed by atoms with E-state index >= 15 is 0 Å².